The van der Waals surface area contributed by atoms with Gasteiger partial charge < -0.3 is 4.74 Å². The van der Waals surface area contributed by atoms with Crippen molar-refractivity contribution in [2.45, 2.75) is 0 Å². The summed E-state index contributed by atoms with van der Waals surface area (Å²) in [6, 6.07) is 5.34. The van der Waals surface area contributed by atoms with Gasteiger partial charge in [0.2, 0.25) is 0 Å². The molecule has 0 amide bonds. The van der Waals surface area contributed by atoms with Crippen LogP contribution < -0.4 is 4.74 Å². The molecule has 1 rings (SSSR count). The molecule has 0 saturated heterocycles. The van der Waals surface area contributed by atoms with Gasteiger partial charge in [-0.2, -0.15) is 12.6 Å². The first kappa shape index (κ1) is 10.3. The van der Waals surface area contributed by atoms with Crippen molar-refractivity contribution >= 4 is 24.2 Å². The molecule has 0 bridgehead atoms. The highest BCUT2D eigenvalue weighted by Crippen LogP contribution is 2.21. The van der Waals surface area contributed by atoms with Crippen LogP contribution in [0.3, 0.4) is 0 Å². The van der Waals surface area contributed by atoms with Crippen molar-refractivity contribution in [3.63, 3.8) is 0 Å². The Balaban J connectivity index is 3.08. The molecule has 0 unspecified atom stereocenters. The Bertz CT molecular complexity index is 352. The van der Waals surface area contributed by atoms with Gasteiger partial charge in [-0.3, -0.25) is 0 Å². The molecule has 0 atom stereocenters. The minimum atomic E-state index is 0.523. The lowest BCUT2D eigenvalue weighted by molar-refractivity contribution is 0.413. The molecule has 0 aliphatic heterocycles. The molecular weight excluding hydrogens is 204 g/mol. The molecule has 0 aliphatic carbocycles. The van der Waals surface area contributed by atoms with Crippen molar-refractivity contribution in [3.8, 4) is 17.6 Å². The van der Waals surface area contributed by atoms with Gasteiger partial charge >= 0.3 is 0 Å². The fraction of sp³-hybridized carbons (Fsp3) is 0.200. The molecule has 1 aromatic carbocycles. The molecule has 0 fully saturated rings. The van der Waals surface area contributed by atoms with Gasteiger partial charge in [0.15, 0.2) is 0 Å². The predicted molar refractivity (Wildman–Crippen MR) is 58.7 cm³/mol. The summed E-state index contributed by atoms with van der Waals surface area (Å²) in [6.45, 7) is 0. The summed E-state index contributed by atoms with van der Waals surface area (Å²) in [4.78, 5) is 0. The molecule has 0 N–H and O–H groups in total. The molecule has 0 saturated carbocycles. The summed E-state index contributed by atoms with van der Waals surface area (Å²) in [7, 11) is 1.61. The third kappa shape index (κ3) is 2.87. The van der Waals surface area contributed by atoms with E-state index in [1.54, 1.807) is 25.3 Å². The molecule has 3 heteroatoms. The van der Waals surface area contributed by atoms with Gasteiger partial charge in [0, 0.05) is 5.02 Å². The first-order valence-corrected chi connectivity index (χ1v) is 4.72. The monoisotopic (exact) mass is 212 g/mol. The van der Waals surface area contributed by atoms with Crippen LogP contribution in [0.5, 0.6) is 5.75 Å². The smallest absolute Gasteiger partial charge is 0.134 e. The van der Waals surface area contributed by atoms with Gasteiger partial charge in [-0.1, -0.05) is 23.4 Å². The van der Waals surface area contributed by atoms with Crippen molar-refractivity contribution in [3.05, 3.63) is 28.8 Å². The van der Waals surface area contributed by atoms with Crippen LogP contribution in [-0.4, -0.2) is 12.9 Å². The zero-order valence-electron chi connectivity index (χ0n) is 7.17. The van der Waals surface area contributed by atoms with Crippen LogP contribution >= 0.6 is 24.2 Å². The van der Waals surface area contributed by atoms with Gasteiger partial charge in [0.1, 0.15) is 5.75 Å². The molecule has 1 aromatic rings. The van der Waals surface area contributed by atoms with Gasteiger partial charge in [-0.05, 0) is 18.2 Å². The summed E-state index contributed by atoms with van der Waals surface area (Å²) in [5.41, 5.74) is 0.795. The van der Waals surface area contributed by atoms with Crippen molar-refractivity contribution in [2.24, 2.45) is 0 Å². The Morgan fingerprint density at radius 3 is 2.92 bits per heavy atom. The molecule has 1 nitrogen and oxygen atoms in total. The summed E-state index contributed by atoms with van der Waals surface area (Å²) in [6.07, 6.45) is 0. The van der Waals surface area contributed by atoms with Crippen LogP contribution in [0.2, 0.25) is 5.02 Å². The number of ether oxygens (including phenoxy) is 1. The average molecular weight is 213 g/mol. The van der Waals surface area contributed by atoms with Crippen LogP contribution in [0.4, 0.5) is 0 Å². The lowest BCUT2D eigenvalue weighted by Crippen LogP contribution is -1.87. The summed E-state index contributed by atoms with van der Waals surface area (Å²) in [5.74, 6) is 7.02. The average Bonchev–Trinajstić information content (AvgIpc) is 2.15. The number of benzene rings is 1. The van der Waals surface area contributed by atoms with E-state index in [2.05, 4.69) is 24.5 Å². The van der Waals surface area contributed by atoms with Gasteiger partial charge in [0.25, 0.3) is 0 Å². The largest absolute Gasteiger partial charge is 0.495 e. The van der Waals surface area contributed by atoms with Crippen molar-refractivity contribution in [2.75, 3.05) is 12.9 Å². The number of thiol groups is 1. The van der Waals surface area contributed by atoms with Crippen molar-refractivity contribution in [1.82, 2.24) is 0 Å². The summed E-state index contributed by atoms with van der Waals surface area (Å²) >= 11 is 9.80. The van der Waals surface area contributed by atoms with Crippen LogP contribution in [0.15, 0.2) is 18.2 Å². The highest BCUT2D eigenvalue weighted by Gasteiger charge is 1.99. The van der Waals surface area contributed by atoms with E-state index in [4.69, 9.17) is 16.3 Å². The highest BCUT2D eigenvalue weighted by molar-refractivity contribution is 7.80. The zero-order valence-corrected chi connectivity index (χ0v) is 8.82. The van der Waals surface area contributed by atoms with Crippen LogP contribution in [0.25, 0.3) is 0 Å². The quantitative estimate of drug-likeness (QED) is 0.556. The predicted octanol–water partition coefficient (Wildman–Crippen LogP) is 2.63. The Hall–Kier alpha value is -0.780. The highest BCUT2D eigenvalue weighted by atomic mass is 35.5. The maximum Gasteiger partial charge on any atom is 0.134 e. The minimum Gasteiger partial charge on any atom is -0.495 e. The van der Waals surface area contributed by atoms with E-state index in [0.29, 0.717) is 10.8 Å². The normalized spacial score (nSPS) is 8.85. The Kier molecular flexibility index (Phi) is 4.01. The fourth-order valence-electron chi connectivity index (χ4n) is 0.913. The third-order valence-corrected chi connectivity index (χ3v) is 1.86. The van der Waals surface area contributed by atoms with E-state index in [1.807, 2.05) is 0 Å². The van der Waals surface area contributed by atoms with Crippen LogP contribution in [0, 0.1) is 11.8 Å². The minimum absolute atomic E-state index is 0.523. The molecule has 0 heterocycles. The Labute approximate surface area is 88.5 Å². The van der Waals surface area contributed by atoms with Crippen molar-refractivity contribution < 1.29 is 4.74 Å². The standard InChI is InChI=1S/C10H9ClOS/c1-12-10-5-4-9(11)7-8(10)3-2-6-13/h4-5,7,13H,6H2,1H3. The first-order valence-electron chi connectivity index (χ1n) is 3.71. The molecule has 0 radical (unpaired) electrons. The van der Waals surface area contributed by atoms with Crippen LogP contribution in [-0.2, 0) is 0 Å². The maximum absolute atomic E-state index is 5.81. The Morgan fingerprint density at radius 1 is 1.54 bits per heavy atom. The first-order chi connectivity index (χ1) is 6.27. The van der Waals surface area contributed by atoms with E-state index in [9.17, 15) is 0 Å². The number of methoxy groups -OCH3 is 1. The SMILES string of the molecule is COc1ccc(Cl)cc1C#CCS. The molecule has 13 heavy (non-hydrogen) atoms. The third-order valence-electron chi connectivity index (χ3n) is 1.46. The summed E-state index contributed by atoms with van der Waals surface area (Å²) in [5, 5.41) is 0.657. The van der Waals surface area contributed by atoms with E-state index in [-0.39, 0.29) is 0 Å². The van der Waals surface area contributed by atoms with E-state index in [1.165, 1.54) is 0 Å². The molecule has 0 aliphatic rings. The topological polar surface area (TPSA) is 9.23 Å². The second-order valence-electron chi connectivity index (χ2n) is 2.30. The van der Waals surface area contributed by atoms with E-state index < -0.39 is 0 Å². The molecule has 0 aromatic heterocycles. The van der Waals surface area contributed by atoms with Gasteiger partial charge in [-0.15, -0.1) is 0 Å². The second kappa shape index (κ2) is 5.06. The van der Waals surface area contributed by atoms with Crippen molar-refractivity contribution in [1.29, 1.82) is 0 Å². The number of hydrogen-bond donors (Lipinski definition) is 1. The molecule has 68 valence electrons. The number of rotatable bonds is 1. The lowest BCUT2D eigenvalue weighted by Gasteiger charge is -2.02. The lowest BCUT2D eigenvalue weighted by atomic mass is 10.2. The van der Waals surface area contributed by atoms with E-state index >= 15 is 0 Å². The fourth-order valence-corrected chi connectivity index (χ4v) is 1.16. The van der Waals surface area contributed by atoms with E-state index in [0.717, 1.165) is 11.3 Å². The Morgan fingerprint density at radius 2 is 2.31 bits per heavy atom. The molecule has 0 spiro atoms. The second-order valence-corrected chi connectivity index (χ2v) is 3.06. The maximum atomic E-state index is 5.81. The number of halogens is 1. The van der Waals surface area contributed by atoms with Crippen LogP contribution in [0.1, 0.15) is 5.56 Å². The molecular formula is C10H9ClOS. The van der Waals surface area contributed by atoms with Gasteiger partial charge in [-0.25, -0.2) is 0 Å². The van der Waals surface area contributed by atoms with Gasteiger partial charge in [0.05, 0.1) is 18.4 Å². The number of hydrogen-bond acceptors (Lipinski definition) is 2. The zero-order chi connectivity index (χ0) is 9.68. The summed E-state index contributed by atoms with van der Waals surface area (Å²) < 4.78 is 5.11.